The second-order valence-corrected chi connectivity index (χ2v) is 6.81. The summed E-state index contributed by atoms with van der Waals surface area (Å²) in [6, 6.07) is 10.1. The van der Waals surface area contributed by atoms with E-state index in [4.69, 9.17) is 0 Å². The van der Waals surface area contributed by atoms with Crippen molar-refractivity contribution in [3.05, 3.63) is 47.7 Å². The summed E-state index contributed by atoms with van der Waals surface area (Å²) in [4.78, 5) is 14.5. The van der Waals surface area contributed by atoms with Gasteiger partial charge in [-0.1, -0.05) is 29.8 Å². The lowest BCUT2D eigenvalue weighted by molar-refractivity contribution is -0.117. The first-order valence-corrected chi connectivity index (χ1v) is 8.84. The number of nitrogens with zero attached hydrogens (tertiary/aromatic N) is 3. The molecule has 1 aromatic heterocycles. The molecule has 0 bridgehead atoms. The van der Waals surface area contributed by atoms with Crippen LogP contribution >= 0.6 is 0 Å². The van der Waals surface area contributed by atoms with Gasteiger partial charge in [-0.2, -0.15) is 5.10 Å². The number of benzene rings is 1. The van der Waals surface area contributed by atoms with Crippen LogP contribution in [0.15, 0.2) is 36.5 Å². The third-order valence-corrected chi connectivity index (χ3v) is 4.73. The molecule has 1 amide bonds. The van der Waals surface area contributed by atoms with Gasteiger partial charge in [0.15, 0.2) is 0 Å². The summed E-state index contributed by atoms with van der Waals surface area (Å²) in [5.74, 6) is 1.08. The molecule has 0 spiro atoms. The van der Waals surface area contributed by atoms with Crippen LogP contribution in [0.3, 0.4) is 0 Å². The van der Waals surface area contributed by atoms with E-state index in [9.17, 15) is 9.90 Å². The van der Waals surface area contributed by atoms with Crippen LogP contribution in [0.5, 0.6) is 0 Å². The van der Waals surface area contributed by atoms with E-state index in [0.717, 1.165) is 37.3 Å². The number of amides is 1. The van der Waals surface area contributed by atoms with Crippen molar-refractivity contribution < 1.29 is 9.90 Å². The molecule has 0 atom stereocenters. The molecular formula is C19H26N4O2. The standard InChI is InChI=1S/C19H26N4O2/c1-15-3-2-4-17(11-15)12-23-18(5-8-20-23)21-19(25)13-22-9-6-16(14-24)7-10-22/h2-5,8,11,16,24H,6-7,9-10,12-14H2,1H3,(H,21,25). The summed E-state index contributed by atoms with van der Waals surface area (Å²) in [6.45, 7) is 5.05. The van der Waals surface area contributed by atoms with Crippen LogP contribution in [-0.4, -0.2) is 51.9 Å². The maximum absolute atomic E-state index is 12.3. The average Bonchev–Trinajstić information content (AvgIpc) is 3.02. The highest BCUT2D eigenvalue weighted by atomic mass is 16.3. The van der Waals surface area contributed by atoms with Crippen LogP contribution in [0.1, 0.15) is 24.0 Å². The molecule has 6 nitrogen and oxygen atoms in total. The lowest BCUT2D eigenvalue weighted by atomic mass is 9.98. The highest BCUT2D eigenvalue weighted by Gasteiger charge is 2.20. The number of hydrogen-bond acceptors (Lipinski definition) is 4. The predicted octanol–water partition coefficient (Wildman–Crippen LogP) is 1.88. The van der Waals surface area contributed by atoms with Gasteiger partial charge in [0.25, 0.3) is 0 Å². The number of aromatic nitrogens is 2. The molecule has 6 heteroatoms. The predicted molar refractivity (Wildman–Crippen MR) is 97.4 cm³/mol. The number of aryl methyl sites for hydroxylation is 1. The Morgan fingerprint density at radius 2 is 2.12 bits per heavy atom. The summed E-state index contributed by atoms with van der Waals surface area (Å²) in [5.41, 5.74) is 2.37. The first kappa shape index (κ1) is 17.6. The van der Waals surface area contributed by atoms with E-state index in [0.29, 0.717) is 19.0 Å². The van der Waals surface area contributed by atoms with Crippen LogP contribution in [-0.2, 0) is 11.3 Å². The van der Waals surface area contributed by atoms with Crippen molar-refractivity contribution in [1.29, 1.82) is 0 Å². The molecule has 1 saturated heterocycles. The number of nitrogens with one attached hydrogen (secondary N) is 1. The third-order valence-electron chi connectivity index (χ3n) is 4.73. The normalized spacial score (nSPS) is 16.1. The van der Waals surface area contributed by atoms with Gasteiger partial charge in [-0.15, -0.1) is 0 Å². The summed E-state index contributed by atoms with van der Waals surface area (Å²) in [5, 5.41) is 16.5. The topological polar surface area (TPSA) is 70.4 Å². The van der Waals surface area contributed by atoms with Crippen molar-refractivity contribution in [3.63, 3.8) is 0 Å². The molecular weight excluding hydrogens is 316 g/mol. The zero-order chi connectivity index (χ0) is 17.6. The Morgan fingerprint density at radius 1 is 1.32 bits per heavy atom. The monoisotopic (exact) mass is 342 g/mol. The summed E-state index contributed by atoms with van der Waals surface area (Å²) in [6.07, 6.45) is 3.61. The number of rotatable bonds is 6. The summed E-state index contributed by atoms with van der Waals surface area (Å²) >= 11 is 0. The van der Waals surface area contributed by atoms with Gasteiger partial charge in [0, 0.05) is 12.7 Å². The maximum atomic E-state index is 12.3. The van der Waals surface area contributed by atoms with E-state index < -0.39 is 0 Å². The Morgan fingerprint density at radius 3 is 2.84 bits per heavy atom. The molecule has 1 aliphatic rings. The van der Waals surface area contributed by atoms with Gasteiger partial charge in [0.1, 0.15) is 5.82 Å². The fourth-order valence-electron chi connectivity index (χ4n) is 3.26. The number of piperidine rings is 1. The minimum Gasteiger partial charge on any atom is -0.396 e. The molecule has 3 rings (SSSR count). The van der Waals surface area contributed by atoms with Crippen molar-refractivity contribution in [2.75, 3.05) is 31.6 Å². The molecule has 1 aliphatic heterocycles. The van der Waals surface area contributed by atoms with Crippen molar-refractivity contribution >= 4 is 11.7 Å². The van der Waals surface area contributed by atoms with Crippen molar-refractivity contribution in [3.8, 4) is 0 Å². The van der Waals surface area contributed by atoms with E-state index in [1.165, 1.54) is 5.56 Å². The third kappa shape index (κ3) is 4.90. The molecule has 1 fully saturated rings. The molecule has 2 N–H and O–H groups in total. The zero-order valence-corrected chi connectivity index (χ0v) is 14.7. The molecule has 2 heterocycles. The largest absolute Gasteiger partial charge is 0.396 e. The van der Waals surface area contributed by atoms with Gasteiger partial charge in [0.2, 0.25) is 5.91 Å². The van der Waals surface area contributed by atoms with Crippen LogP contribution in [0.4, 0.5) is 5.82 Å². The average molecular weight is 342 g/mol. The van der Waals surface area contributed by atoms with E-state index in [1.54, 1.807) is 6.20 Å². The Kier molecular flexibility index (Phi) is 5.83. The molecule has 2 aromatic rings. The Balaban J connectivity index is 1.55. The first-order valence-electron chi connectivity index (χ1n) is 8.84. The minimum absolute atomic E-state index is 0.0200. The number of hydrogen-bond donors (Lipinski definition) is 2. The first-order chi connectivity index (χ1) is 12.1. The van der Waals surface area contributed by atoms with Gasteiger partial charge in [-0.05, 0) is 44.3 Å². The number of likely N-dealkylation sites (tertiary alicyclic amines) is 1. The van der Waals surface area contributed by atoms with Gasteiger partial charge in [0.05, 0.1) is 19.3 Å². The fraction of sp³-hybridized carbons (Fsp3) is 0.474. The maximum Gasteiger partial charge on any atom is 0.239 e. The minimum atomic E-state index is -0.0200. The quantitative estimate of drug-likeness (QED) is 0.841. The van der Waals surface area contributed by atoms with Gasteiger partial charge in [-0.3, -0.25) is 9.69 Å². The van der Waals surface area contributed by atoms with Crippen molar-refractivity contribution in [2.45, 2.75) is 26.3 Å². The zero-order valence-electron chi connectivity index (χ0n) is 14.7. The Bertz CT molecular complexity index is 705. The number of carbonyl (C=O) groups is 1. The number of carbonyl (C=O) groups excluding carboxylic acids is 1. The number of anilines is 1. The molecule has 0 unspecified atom stereocenters. The van der Waals surface area contributed by atoms with Gasteiger partial charge < -0.3 is 10.4 Å². The van der Waals surface area contributed by atoms with Crippen LogP contribution in [0.25, 0.3) is 0 Å². The van der Waals surface area contributed by atoms with E-state index in [-0.39, 0.29) is 12.5 Å². The molecule has 1 aromatic carbocycles. The summed E-state index contributed by atoms with van der Waals surface area (Å²) in [7, 11) is 0. The highest BCUT2D eigenvalue weighted by Crippen LogP contribution is 2.16. The molecule has 0 radical (unpaired) electrons. The van der Waals surface area contributed by atoms with Gasteiger partial charge >= 0.3 is 0 Å². The Hall–Kier alpha value is -2.18. The number of aliphatic hydroxyl groups excluding tert-OH is 1. The van der Waals surface area contributed by atoms with Crippen LogP contribution in [0.2, 0.25) is 0 Å². The molecule has 134 valence electrons. The SMILES string of the molecule is Cc1cccc(Cn2nccc2NC(=O)CN2CCC(CO)CC2)c1. The fourth-order valence-corrected chi connectivity index (χ4v) is 3.26. The van der Waals surface area contributed by atoms with E-state index >= 15 is 0 Å². The van der Waals surface area contributed by atoms with Crippen molar-refractivity contribution in [2.24, 2.45) is 5.92 Å². The number of aliphatic hydroxyl groups is 1. The lowest BCUT2D eigenvalue weighted by Crippen LogP contribution is -2.40. The van der Waals surface area contributed by atoms with E-state index in [2.05, 4.69) is 40.4 Å². The lowest BCUT2D eigenvalue weighted by Gasteiger charge is -2.30. The molecule has 0 aliphatic carbocycles. The van der Waals surface area contributed by atoms with Gasteiger partial charge in [-0.25, -0.2) is 4.68 Å². The van der Waals surface area contributed by atoms with Crippen LogP contribution < -0.4 is 5.32 Å². The molecule has 25 heavy (non-hydrogen) atoms. The molecule has 0 saturated carbocycles. The van der Waals surface area contributed by atoms with E-state index in [1.807, 2.05) is 16.8 Å². The van der Waals surface area contributed by atoms with Crippen molar-refractivity contribution in [1.82, 2.24) is 14.7 Å². The summed E-state index contributed by atoms with van der Waals surface area (Å²) < 4.78 is 1.81. The second-order valence-electron chi connectivity index (χ2n) is 6.81. The highest BCUT2D eigenvalue weighted by molar-refractivity contribution is 5.91. The van der Waals surface area contributed by atoms with Crippen LogP contribution in [0, 0.1) is 12.8 Å². The second kappa shape index (κ2) is 8.27. The smallest absolute Gasteiger partial charge is 0.239 e. The Labute approximate surface area is 148 Å².